The molecule has 0 spiro atoms. The zero-order valence-corrected chi connectivity index (χ0v) is 12.3. The highest BCUT2D eigenvalue weighted by Crippen LogP contribution is 2.41. The van der Waals surface area contributed by atoms with Gasteiger partial charge in [0.15, 0.2) is 0 Å². The predicted octanol–water partition coefficient (Wildman–Crippen LogP) is 4.09. The second-order valence-corrected chi connectivity index (χ2v) is 5.30. The first-order chi connectivity index (χ1) is 10.2. The fourth-order valence-electron chi connectivity index (χ4n) is 2.90. The largest absolute Gasteiger partial charge is 0.463 e. The lowest BCUT2D eigenvalue weighted by Gasteiger charge is -2.16. The highest BCUT2D eigenvalue weighted by Gasteiger charge is 2.31. The first kappa shape index (κ1) is 13.6. The second kappa shape index (κ2) is 5.57. The maximum Gasteiger partial charge on any atom is 0.334 e. The Bertz CT molecular complexity index is 699. The summed E-state index contributed by atoms with van der Waals surface area (Å²) in [7, 11) is 0. The summed E-state index contributed by atoms with van der Waals surface area (Å²) in [6.07, 6.45) is 1.97. The molecule has 21 heavy (non-hydrogen) atoms. The minimum absolute atomic E-state index is 0.0270. The van der Waals surface area contributed by atoms with Gasteiger partial charge in [0.25, 0.3) is 0 Å². The van der Waals surface area contributed by atoms with Crippen LogP contribution >= 0.6 is 0 Å². The Morgan fingerprint density at radius 1 is 1.14 bits per heavy atom. The molecule has 0 amide bonds. The molecule has 0 heterocycles. The molecule has 2 nitrogen and oxygen atoms in total. The second-order valence-electron chi connectivity index (χ2n) is 5.30. The Labute approximate surface area is 125 Å². The summed E-state index contributed by atoms with van der Waals surface area (Å²) in [5, 5.41) is 0. The van der Waals surface area contributed by atoms with Crippen LogP contribution in [0, 0.1) is 6.92 Å². The van der Waals surface area contributed by atoms with E-state index in [4.69, 9.17) is 4.74 Å². The highest BCUT2D eigenvalue weighted by molar-refractivity contribution is 5.99. The number of ether oxygens (including phenoxy) is 1. The molecular weight excluding hydrogens is 260 g/mol. The van der Waals surface area contributed by atoms with Crippen molar-refractivity contribution < 1.29 is 9.53 Å². The van der Waals surface area contributed by atoms with Crippen molar-refractivity contribution in [1.82, 2.24) is 0 Å². The van der Waals surface area contributed by atoms with Gasteiger partial charge in [-0.05, 0) is 36.6 Å². The van der Waals surface area contributed by atoms with Gasteiger partial charge in [-0.15, -0.1) is 0 Å². The molecule has 0 fully saturated rings. The van der Waals surface area contributed by atoms with Crippen LogP contribution in [-0.2, 0) is 9.53 Å². The number of carbonyl (C=O) groups excluding carboxylic acids is 1. The smallest absolute Gasteiger partial charge is 0.334 e. The van der Waals surface area contributed by atoms with E-state index in [0.29, 0.717) is 6.61 Å². The Hall–Kier alpha value is -2.35. The average Bonchev–Trinajstić information content (AvgIpc) is 2.87. The van der Waals surface area contributed by atoms with Crippen LogP contribution in [-0.4, -0.2) is 12.6 Å². The van der Waals surface area contributed by atoms with Gasteiger partial charge in [-0.1, -0.05) is 54.1 Å². The van der Waals surface area contributed by atoms with E-state index < -0.39 is 0 Å². The van der Waals surface area contributed by atoms with Gasteiger partial charge >= 0.3 is 5.97 Å². The lowest BCUT2D eigenvalue weighted by atomic mass is 9.88. The summed E-state index contributed by atoms with van der Waals surface area (Å²) in [6, 6.07) is 16.5. The van der Waals surface area contributed by atoms with E-state index in [2.05, 4.69) is 37.3 Å². The van der Waals surface area contributed by atoms with Crippen LogP contribution in [0.15, 0.2) is 54.1 Å². The number of benzene rings is 2. The zero-order chi connectivity index (χ0) is 14.8. The van der Waals surface area contributed by atoms with Crippen LogP contribution in [0.1, 0.15) is 35.1 Å². The molecule has 0 bridgehead atoms. The first-order valence-corrected chi connectivity index (χ1v) is 7.25. The van der Waals surface area contributed by atoms with Crippen molar-refractivity contribution >= 4 is 12.0 Å². The Morgan fingerprint density at radius 3 is 2.62 bits per heavy atom. The summed E-state index contributed by atoms with van der Waals surface area (Å²) in [6.45, 7) is 4.29. The van der Waals surface area contributed by atoms with Crippen molar-refractivity contribution in [3.63, 3.8) is 0 Å². The van der Waals surface area contributed by atoms with E-state index in [0.717, 1.165) is 16.7 Å². The Balaban J connectivity index is 2.10. The van der Waals surface area contributed by atoms with Crippen LogP contribution in [0.3, 0.4) is 0 Å². The van der Waals surface area contributed by atoms with E-state index in [1.54, 1.807) is 0 Å². The molecular formula is C19H18O2. The fraction of sp³-hybridized carbons (Fsp3) is 0.211. The maximum absolute atomic E-state index is 12.3. The van der Waals surface area contributed by atoms with Gasteiger partial charge in [0.1, 0.15) is 0 Å². The molecule has 0 radical (unpaired) electrons. The SMILES string of the molecule is CCOC(=O)C1=Cc2cc(C)ccc2C1c1ccccc1. The standard InChI is InChI=1S/C19H18O2/c1-3-21-19(20)17-12-15-11-13(2)9-10-16(15)18(17)14-7-5-4-6-8-14/h4-12,18H,3H2,1-2H3. The van der Waals surface area contributed by atoms with E-state index in [1.807, 2.05) is 31.2 Å². The van der Waals surface area contributed by atoms with Crippen molar-refractivity contribution in [1.29, 1.82) is 0 Å². The van der Waals surface area contributed by atoms with Gasteiger partial charge in [0.2, 0.25) is 0 Å². The van der Waals surface area contributed by atoms with Crippen LogP contribution in [0.25, 0.3) is 6.08 Å². The number of hydrogen-bond acceptors (Lipinski definition) is 2. The number of aryl methyl sites for hydroxylation is 1. The maximum atomic E-state index is 12.3. The molecule has 2 aromatic rings. The number of fused-ring (bicyclic) bond motifs is 1. The summed E-state index contributed by atoms with van der Waals surface area (Å²) < 4.78 is 5.23. The molecule has 2 aromatic carbocycles. The minimum atomic E-state index is -0.222. The number of hydrogen-bond donors (Lipinski definition) is 0. The van der Waals surface area contributed by atoms with Crippen molar-refractivity contribution in [3.05, 3.63) is 76.4 Å². The van der Waals surface area contributed by atoms with Crippen molar-refractivity contribution in [2.24, 2.45) is 0 Å². The summed E-state index contributed by atoms with van der Waals surface area (Å²) in [5.41, 5.74) is 5.34. The third-order valence-electron chi connectivity index (χ3n) is 3.82. The van der Waals surface area contributed by atoms with Gasteiger partial charge in [-0.2, -0.15) is 0 Å². The van der Waals surface area contributed by atoms with E-state index >= 15 is 0 Å². The quantitative estimate of drug-likeness (QED) is 0.791. The lowest BCUT2D eigenvalue weighted by molar-refractivity contribution is -0.138. The molecule has 0 N–H and O–H groups in total. The third kappa shape index (κ3) is 2.49. The molecule has 1 aliphatic rings. The lowest BCUT2D eigenvalue weighted by Crippen LogP contribution is -2.13. The van der Waals surface area contributed by atoms with Gasteiger partial charge < -0.3 is 4.74 Å². The van der Waals surface area contributed by atoms with Crippen LogP contribution < -0.4 is 0 Å². The molecule has 106 valence electrons. The highest BCUT2D eigenvalue weighted by atomic mass is 16.5. The molecule has 1 unspecified atom stereocenters. The van der Waals surface area contributed by atoms with Gasteiger partial charge in [-0.3, -0.25) is 0 Å². The zero-order valence-electron chi connectivity index (χ0n) is 12.3. The summed E-state index contributed by atoms with van der Waals surface area (Å²) >= 11 is 0. The fourth-order valence-corrected chi connectivity index (χ4v) is 2.90. The predicted molar refractivity (Wildman–Crippen MR) is 84.1 cm³/mol. The number of esters is 1. The third-order valence-corrected chi connectivity index (χ3v) is 3.82. The van der Waals surface area contributed by atoms with E-state index in [1.165, 1.54) is 11.1 Å². The number of rotatable bonds is 3. The molecule has 3 rings (SSSR count). The van der Waals surface area contributed by atoms with Crippen molar-refractivity contribution in [2.45, 2.75) is 19.8 Å². The molecule has 0 aliphatic heterocycles. The van der Waals surface area contributed by atoms with Crippen LogP contribution in [0.2, 0.25) is 0 Å². The number of carbonyl (C=O) groups is 1. The Morgan fingerprint density at radius 2 is 1.90 bits per heavy atom. The van der Waals surface area contributed by atoms with E-state index in [9.17, 15) is 4.79 Å². The summed E-state index contributed by atoms with van der Waals surface area (Å²) in [5.74, 6) is -0.249. The Kier molecular flexibility index (Phi) is 3.61. The van der Waals surface area contributed by atoms with Crippen molar-refractivity contribution in [2.75, 3.05) is 6.61 Å². The molecule has 1 atom stereocenters. The van der Waals surface area contributed by atoms with Gasteiger partial charge in [0.05, 0.1) is 6.61 Å². The summed E-state index contributed by atoms with van der Waals surface area (Å²) in [4.78, 5) is 12.3. The van der Waals surface area contributed by atoms with E-state index in [-0.39, 0.29) is 11.9 Å². The first-order valence-electron chi connectivity index (χ1n) is 7.25. The molecule has 2 heteroatoms. The monoisotopic (exact) mass is 278 g/mol. The van der Waals surface area contributed by atoms with Crippen molar-refractivity contribution in [3.8, 4) is 0 Å². The minimum Gasteiger partial charge on any atom is -0.463 e. The van der Waals surface area contributed by atoms with Gasteiger partial charge in [0, 0.05) is 11.5 Å². The van der Waals surface area contributed by atoms with Crippen LogP contribution in [0.5, 0.6) is 0 Å². The topological polar surface area (TPSA) is 26.3 Å². The van der Waals surface area contributed by atoms with Gasteiger partial charge in [-0.25, -0.2) is 4.79 Å². The normalized spacial score (nSPS) is 16.3. The molecule has 0 saturated heterocycles. The molecule has 1 aliphatic carbocycles. The molecule has 0 aromatic heterocycles. The average molecular weight is 278 g/mol. The molecule has 0 saturated carbocycles. The van der Waals surface area contributed by atoms with Crippen LogP contribution in [0.4, 0.5) is 0 Å².